The molecule has 0 saturated carbocycles. The summed E-state index contributed by atoms with van der Waals surface area (Å²) in [6.07, 6.45) is 2.38. The third-order valence-electron chi connectivity index (χ3n) is 5.00. The van der Waals surface area contributed by atoms with Crippen molar-refractivity contribution in [3.63, 3.8) is 0 Å². The van der Waals surface area contributed by atoms with Gasteiger partial charge in [0.05, 0.1) is 0 Å². The van der Waals surface area contributed by atoms with E-state index in [0.717, 1.165) is 64.4 Å². The molecule has 2 radical (unpaired) electrons. The number of allylic oxidation sites excluding steroid dienone is 2. The highest BCUT2D eigenvalue weighted by Gasteiger charge is 2.07. The molecule has 1 aromatic carbocycles. The summed E-state index contributed by atoms with van der Waals surface area (Å²) in [6, 6.07) is 8.87. The molecule has 1 aliphatic heterocycles. The second kappa shape index (κ2) is 12.3. The van der Waals surface area contributed by atoms with Gasteiger partial charge < -0.3 is 16.0 Å². The van der Waals surface area contributed by atoms with Crippen molar-refractivity contribution in [1.82, 2.24) is 20.9 Å². The molecule has 26 heavy (non-hydrogen) atoms. The molecule has 0 atom stereocenters. The zero-order valence-electron chi connectivity index (χ0n) is 16.6. The number of nitrogens with one attached hydrogen (secondary N) is 3. The highest BCUT2D eigenvalue weighted by molar-refractivity contribution is 6.24. The van der Waals surface area contributed by atoms with Crippen molar-refractivity contribution in [2.75, 3.05) is 52.4 Å². The summed E-state index contributed by atoms with van der Waals surface area (Å²) in [4.78, 5) is 2.56. The minimum absolute atomic E-state index is 0.890. The Balaban J connectivity index is 1.89. The molecular formula is C21H35BN4. The van der Waals surface area contributed by atoms with Gasteiger partial charge in [0.1, 0.15) is 7.85 Å². The van der Waals surface area contributed by atoms with E-state index in [1.165, 1.54) is 29.5 Å². The van der Waals surface area contributed by atoms with Crippen LogP contribution in [0.3, 0.4) is 0 Å². The van der Waals surface area contributed by atoms with Crippen molar-refractivity contribution in [3.8, 4) is 0 Å². The molecule has 0 unspecified atom stereocenters. The molecule has 0 aliphatic carbocycles. The maximum absolute atomic E-state index is 5.91. The molecule has 4 nitrogen and oxygen atoms in total. The number of rotatable bonds is 3. The van der Waals surface area contributed by atoms with Gasteiger partial charge in [-0.25, -0.2) is 0 Å². The fourth-order valence-corrected chi connectivity index (χ4v) is 3.17. The quantitative estimate of drug-likeness (QED) is 0.726. The predicted octanol–water partition coefficient (Wildman–Crippen LogP) is 1.97. The average molecular weight is 354 g/mol. The number of hydrogen-bond donors (Lipinski definition) is 3. The summed E-state index contributed by atoms with van der Waals surface area (Å²) in [5, 5.41) is 10.6. The molecule has 0 aromatic heterocycles. The summed E-state index contributed by atoms with van der Waals surface area (Å²) in [5.41, 5.74) is 4.64. The topological polar surface area (TPSA) is 39.3 Å². The minimum atomic E-state index is 0.890. The lowest BCUT2D eigenvalue weighted by Crippen LogP contribution is -2.36. The van der Waals surface area contributed by atoms with Gasteiger partial charge in [0.15, 0.2) is 0 Å². The van der Waals surface area contributed by atoms with Crippen LogP contribution in [0.15, 0.2) is 29.7 Å². The molecule has 1 fully saturated rings. The summed E-state index contributed by atoms with van der Waals surface area (Å²) in [5.74, 6) is 0. The fraction of sp³-hybridized carbons (Fsp3) is 0.619. The molecular weight excluding hydrogens is 319 g/mol. The Morgan fingerprint density at radius 2 is 1.46 bits per heavy atom. The van der Waals surface area contributed by atoms with Crippen LogP contribution in [0.4, 0.5) is 0 Å². The summed E-state index contributed by atoms with van der Waals surface area (Å²) in [6.45, 7) is 13.7. The van der Waals surface area contributed by atoms with E-state index in [0.29, 0.717) is 0 Å². The molecule has 1 heterocycles. The normalized spacial score (nSPS) is 20.2. The van der Waals surface area contributed by atoms with Crippen LogP contribution < -0.4 is 16.0 Å². The maximum Gasteiger partial charge on any atom is 0.107 e. The first-order valence-electron chi connectivity index (χ1n) is 10.0. The van der Waals surface area contributed by atoms with Crippen LogP contribution in [0.1, 0.15) is 37.8 Å². The molecule has 3 N–H and O–H groups in total. The smallest absolute Gasteiger partial charge is 0.107 e. The van der Waals surface area contributed by atoms with E-state index >= 15 is 0 Å². The molecule has 2 rings (SSSR count). The Kier molecular flexibility index (Phi) is 10.0. The van der Waals surface area contributed by atoms with E-state index in [1.54, 1.807) is 0 Å². The van der Waals surface area contributed by atoms with Gasteiger partial charge in [-0.05, 0) is 57.1 Å². The van der Waals surface area contributed by atoms with E-state index in [2.05, 4.69) is 52.0 Å². The SMILES string of the molecule is [B]/C(C)=C(\C)c1ccc(CN2CCCNCCNCCCNCC2)cc1. The van der Waals surface area contributed by atoms with Crippen LogP contribution in [-0.4, -0.2) is 65.1 Å². The summed E-state index contributed by atoms with van der Waals surface area (Å²) in [7, 11) is 5.91. The van der Waals surface area contributed by atoms with Gasteiger partial charge in [0.25, 0.3) is 0 Å². The van der Waals surface area contributed by atoms with Gasteiger partial charge in [-0.1, -0.05) is 36.8 Å². The first-order valence-corrected chi connectivity index (χ1v) is 10.0. The Morgan fingerprint density at radius 1 is 0.846 bits per heavy atom. The molecule has 0 bridgehead atoms. The zero-order chi connectivity index (χ0) is 18.6. The van der Waals surface area contributed by atoms with E-state index in [4.69, 9.17) is 7.85 Å². The zero-order valence-corrected chi connectivity index (χ0v) is 16.6. The fourth-order valence-electron chi connectivity index (χ4n) is 3.17. The maximum atomic E-state index is 5.91. The van der Waals surface area contributed by atoms with E-state index in [1.807, 2.05) is 6.92 Å². The van der Waals surface area contributed by atoms with Crippen molar-refractivity contribution >= 4 is 13.4 Å². The second-order valence-electron chi connectivity index (χ2n) is 7.24. The van der Waals surface area contributed by atoms with Gasteiger partial charge in [-0.3, -0.25) is 4.90 Å². The Hall–Kier alpha value is -1.14. The number of benzene rings is 1. The molecule has 0 amide bonds. The summed E-state index contributed by atoms with van der Waals surface area (Å²) >= 11 is 0. The van der Waals surface area contributed by atoms with Gasteiger partial charge in [-0.2, -0.15) is 0 Å². The van der Waals surface area contributed by atoms with E-state index in [9.17, 15) is 0 Å². The lowest BCUT2D eigenvalue weighted by atomic mass is 9.89. The lowest BCUT2D eigenvalue weighted by Gasteiger charge is -2.23. The molecule has 0 spiro atoms. The van der Waals surface area contributed by atoms with Crippen LogP contribution in [-0.2, 0) is 6.54 Å². The van der Waals surface area contributed by atoms with Gasteiger partial charge in [0.2, 0.25) is 0 Å². The van der Waals surface area contributed by atoms with Crippen molar-refractivity contribution in [2.24, 2.45) is 0 Å². The van der Waals surface area contributed by atoms with E-state index in [-0.39, 0.29) is 0 Å². The van der Waals surface area contributed by atoms with Crippen LogP contribution in [0.5, 0.6) is 0 Å². The van der Waals surface area contributed by atoms with Crippen LogP contribution in [0.25, 0.3) is 5.57 Å². The molecule has 1 aromatic rings. The van der Waals surface area contributed by atoms with Crippen LogP contribution >= 0.6 is 0 Å². The predicted molar refractivity (Wildman–Crippen MR) is 114 cm³/mol. The van der Waals surface area contributed by atoms with Crippen LogP contribution in [0, 0.1) is 0 Å². The lowest BCUT2D eigenvalue weighted by molar-refractivity contribution is 0.260. The van der Waals surface area contributed by atoms with Gasteiger partial charge in [-0.15, -0.1) is 5.47 Å². The van der Waals surface area contributed by atoms with E-state index < -0.39 is 0 Å². The van der Waals surface area contributed by atoms with Gasteiger partial charge >= 0.3 is 0 Å². The van der Waals surface area contributed by atoms with Crippen molar-refractivity contribution in [2.45, 2.75) is 33.2 Å². The Labute approximate surface area is 161 Å². The molecule has 5 heteroatoms. The highest BCUT2D eigenvalue weighted by Crippen LogP contribution is 2.17. The number of nitrogens with zero attached hydrogens (tertiary/aromatic N) is 1. The second-order valence-corrected chi connectivity index (χ2v) is 7.24. The van der Waals surface area contributed by atoms with Crippen molar-refractivity contribution in [1.29, 1.82) is 0 Å². The van der Waals surface area contributed by atoms with Gasteiger partial charge in [0, 0.05) is 32.7 Å². The Morgan fingerprint density at radius 3 is 2.12 bits per heavy atom. The van der Waals surface area contributed by atoms with Crippen molar-refractivity contribution in [3.05, 3.63) is 40.9 Å². The molecule has 142 valence electrons. The summed E-state index contributed by atoms with van der Waals surface area (Å²) < 4.78 is 0. The first kappa shape index (κ1) is 21.2. The molecule has 1 aliphatic rings. The number of hydrogen-bond acceptors (Lipinski definition) is 4. The largest absolute Gasteiger partial charge is 0.315 e. The molecule has 1 saturated heterocycles. The van der Waals surface area contributed by atoms with Crippen LogP contribution in [0.2, 0.25) is 0 Å². The average Bonchev–Trinajstić information content (AvgIpc) is 2.64. The first-order chi connectivity index (χ1) is 12.7. The Bertz CT molecular complexity index is 523. The monoisotopic (exact) mass is 354 g/mol. The third kappa shape index (κ3) is 8.04. The van der Waals surface area contributed by atoms with Crippen molar-refractivity contribution < 1.29 is 0 Å². The third-order valence-corrected chi connectivity index (χ3v) is 5.00. The standard InChI is InChI=1S/C21H35BN4/c1-18(19(2)22)21-7-5-20(6-8-21)17-26-15-4-11-24-13-12-23-9-3-10-25-14-16-26/h5-8,23-25H,3-4,9-17H2,1-2H3/b19-18+. The highest BCUT2D eigenvalue weighted by atomic mass is 15.1. The minimum Gasteiger partial charge on any atom is -0.315 e.